The molecule has 32 heavy (non-hydrogen) atoms. The van der Waals surface area contributed by atoms with Crippen molar-refractivity contribution >= 4 is 10.8 Å². The van der Waals surface area contributed by atoms with Crippen molar-refractivity contribution in [3.63, 3.8) is 0 Å². The molecule has 176 valence electrons. The second-order valence-electron chi connectivity index (χ2n) is 11.6. The largest absolute Gasteiger partial charge is 0.489 e. The zero-order valence-electron chi connectivity index (χ0n) is 21.1. The lowest BCUT2D eigenvalue weighted by Crippen LogP contribution is -2.37. The highest BCUT2D eigenvalue weighted by Gasteiger charge is 2.34. The molecule has 0 aromatic heterocycles. The molecule has 0 amide bonds. The summed E-state index contributed by atoms with van der Waals surface area (Å²) in [6.07, 6.45) is 8.06. The summed E-state index contributed by atoms with van der Waals surface area (Å²) in [4.78, 5) is 0. The third-order valence-electron chi connectivity index (χ3n) is 8.31. The Bertz CT molecular complexity index is 817. The van der Waals surface area contributed by atoms with Crippen molar-refractivity contribution in [2.75, 3.05) is 0 Å². The standard InChI is InChI=1S/C30H44O2/c1-19(2)24-15-13-21(5)17-28(24)31-26-11-7-9-23-10-8-12-27(30(23)26)32-29-18-22(6)14-16-25(29)20(3)4/h7-12,19-22,24-25,28-29H,13-18H2,1-6H3. The molecule has 0 saturated heterocycles. The first-order chi connectivity index (χ1) is 15.3. The van der Waals surface area contributed by atoms with Crippen LogP contribution in [0.2, 0.25) is 0 Å². The topological polar surface area (TPSA) is 18.5 Å². The lowest BCUT2D eigenvalue weighted by Gasteiger charge is -2.38. The van der Waals surface area contributed by atoms with Crippen molar-refractivity contribution in [2.45, 2.75) is 92.3 Å². The van der Waals surface area contributed by atoms with Gasteiger partial charge in [0.05, 0.1) is 5.39 Å². The molecule has 6 atom stereocenters. The molecule has 6 unspecified atom stereocenters. The zero-order chi connectivity index (χ0) is 22.8. The van der Waals surface area contributed by atoms with Gasteiger partial charge in [-0.05, 0) is 78.7 Å². The first kappa shape index (κ1) is 23.5. The molecule has 0 spiro atoms. The molecule has 4 rings (SSSR count). The van der Waals surface area contributed by atoms with Gasteiger partial charge in [-0.15, -0.1) is 0 Å². The highest BCUT2D eigenvalue weighted by atomic mass is 16.5. The molecule has 0 aliphatic heterocycles. The summed E-state index contributed by atoms with van der Waals surface area (Å²) in [5, 5.41) is 2.38. The van der Waals surface area contributed by atoms with Crippen molar-refractivity contribution < 1.29 is 9.47 Å². The molecular weight excluding hydrogens is 392 g/mol. The summed E-state index contributed by atoms with van der Waals surface area (Å²) in [5.41, 5.74) is 0. The van der Waals surface area contributed by atoms with E-state index in [0.717, 1.165) is 41.6 Å². The van der Waals surface area contributed by atoms with Crippen molar-refractivity contribution in [1.29, 1.82) is 0 Å². The van der Waals surface area contributed by atoms with Crippen LogP contribution in [0.3, 0.4) is 0 Å². The number of ether oxygens (including phenoxy) is 2. The second-order valence-corrected chi connectivity index (χ2v) is 11.6. The summed E-state index contributed by atoms with van der Waals surface area (Å²) in [7, 11) is 0. The van der Waals surface area contributed by atoms with Crippen molar-refractivity contribution in [3.8, 4) is 11.5 Å². The summed E-state index contributed by atoms with van der Waals surface area (Å²) in [5.74, 6) is 6.02. The number of fused-ring (bicyclic) bond motifs is 1. The molecule has 0 N–H and O–H groups in total. The Morgan fingerprint density at radius 2 is 1.09 bits per heavy atom. The fraction of sp³-hybridized carbons (Fsp3) is 0.667. The number of benzene rings is 2. The molecule has 2 aromatic rings. The Kier molecular flexibility index (Phi) is 7.37. The summed E-state index contributed by atoms with van der Waals surface area (Å²) >= 11 is 0. The van der Waals surface area contributed by atoms with Gasteiger partial charge in [-0.1, -0.05) is 78.6 Å². The smallest absolute Gasteiger partial charge is 0.131 e. The summed E-state index contributed by atoms with van der Waals surface area (Å²) < 4.78 is 13.7. The van der Waals surface area contributed by atoms with Crippen LogP contribution in [0, 0.1) is 35.5 Å². The van der Waals surface area contributed by atoms with Gasteiger partial charge in [-0.2, -0.15) is 0 Å². The Morgan fingerprint density at radius 3 is 1.50 bits per heavy atom. The van der Waals surface area contributed by atoms with Crippen molar-refractivity contribution in [2.24, 2.45) is 35.5 Å². The average Bonchev–Trinajstić information content (AvgIpc) is 2.73. The molecule has 2 fully saturated rings. The monoisotopic (exact) mass is 436 g/mol. The summed E-state index contributed by atoms with van der Waals surface area (Å²) in [6.45, 7) is 14.2. The van der Waals surface area contributed by atoms with Crippen LogP contribution in [-0.2, 0) is 0 Å². The van der Waals surface area contributed by atoms with Crippen molar-refractivity contribution in [1.82, 2.24) is 0 Å². The van der Waals surface area contributed by atoms with Gasteiger partial charge in [0, 0.05) is 0 Å². The lowest BCUT2D eigenvalue weighted by molar-refractivity contribution is 0.0434. The van der Waals surface area contributed by atoms with Crippen LogP contribution in [0.5, 0.6) is 11.5 Å². The number of rotatable bonds is 6. The molecule has 2 aliphatic rings. The third kappa shape index (κ3) is 5.10. The number of hydrogen-bond donors (Lipinski definition) is 0. The van der Waals surface area contributed by atoms with Gasteiger partial charge in [-0.25, -0.2) is 0 Å². The Balaban J connectivity index is 1.66. The van der Waals surface area contributed by atoms with E-state index in [1.807, 2.05) is 0 Å². The van der Waals surface area contributed by atoms with Gasteiger partial charge in [-0.3, -0.25) is 0 Å². The molecule has 2 heteroatoms. The van der Waals surface area contributed by atoms with Gasteiger partial charge < -0.3 is 9.47 Å². The van der Waals surface area contributed by atoms with E-state index in [9.17, 15) is 0 Å². The predicted octanol–water partition coefficient (Wildman–Crippen LogP) is 8.52. The normalized spacial score (nSPS) is 31.2. The maximum absolute atomic E-state index is 6.86. The first-order valence-corrected chi connectivity index (χ1v) is 13.2. The maximum atomic E-state index is 6.86. The molecule has 0 heterocycles. The van der Waals surface area contributed by atoms with Crippen LogP contribution in [0.1, 0.15) is 80.1 Å². The second kappa shape index (κ2) is 10.1. The van der Waals surface area contributed by atoms with Gasteiger partial charge in [0.1, 0.15) is 23.7 Å². The van der Waals surface area contributed by atoms with Gasteiger partial charge >= 0.3 is 0 Å². The minimum atomic E-state index is 0.288. The van der Waals surface area contributed by atoms with E-state index in [1.165, 1.54) is 31.1 Å². The average molecular weight is 437 g/mol. The van der Waals surface area contributed by atoms with Gasteiger partial charge in [0.2, 0.25) is 0 Å². The van der Waals surface area contributed by atoms with E-state index in [2.05, 4.69) is 77.9 Å². The summed E-state index contributed by atoms with van der Waals surface area (Å²) in [6, 6.07) is 13.0. The molecule has 0 bridgehead atoms. The SMILES string of the molecule is CC1CCC(C(C)C)C(Oc2cccc3cccc(OC4CC(C)CCC4C(C)C)c23)C1. The van der Waals surface area contributed by atoms with Crippen LogP contribution in [0.15, 0.2) is 36.4 Å². The fourth-order valence-electron chi connectivity index (χ4n) is 6.30. The molecule has 0 radical (unpaired) electrons. The van der Waals surface area contributed by atoms with Crippen LogP contribution < -0.4 is 9.47 Å². The molecule has 2 aromatic carbocycles. The van der Waals surface area contributed by atoms with Crippen LogP contribution in [0.4, 0.5) is 0 Å². The molecule has 2 nitrogen and oxygen atoms in total. The zero-order valence-corrected chi connectivity index (χ0v) is 21.1. The molecule has 2 saturated carbocycles. The van der Waals surface area contributed by atoms with Crippen LogP contribution in [-0.4, -0.2) is 12.2 Å². The van der Waals surface area contributed by atoms with E-state index in [0.29, 0.717) is 23.7 Å². The lowest BCUT2D eigenvalue weighted by atomic mass is 9.75. The minimum absolute atomic E-state index is 0.288. The van der Waals surface area contributed by atoms with E-state index < -0.39 is 0 Å². The first-order valence-electron chi connectivity index (χ1n) is 13.2. The van der Waals surface area contributed by atoms with E-state index >= 15 is 0 Å². The Morgan fingerprint density at radius 1 is 0.656 bits per heavy atom. The maximum Gasteiger partial charge on any atom is 0.131 e. The highest BCUT2D eigenvalue weighted by Crippen LogP contribution is 2.42. The molecule has 2 aliphatic carbocycles. The Hall–Kier alpha value is -1.70. The highest BCUT2D eigenvalue weighted by molar-refractivity contribution is 5.93. The van der Waals surface area contributed by atoms with Crippen molar-refractivity contribution in [3.05, 3.63) is 36.4 Å². The quantitative estimate of drug-likeness (QED) is 0.452. The van der Waals surface area contributed by atoms with Crippen LogP contribution >= 0.6 is 0 Å². The van der Waals surface area contributed by atoms with E-state index in [-0.39, 0.29) is 12.2 Å². The van der Waals surface area contributed by atoms with E-state index in [4.69, 9.17) is 9.47 Å². The third-order valence-corrected chi connectivity index (χ3v) is 8.31. The van der Waals surface area contributed by atoms with Crippen LogP contribution in [0.25, 0.3) is 10.8 Å². The van der Waals surface area contributed by atoms with Gasteiger partial charge in [0.15, 0.2) is 0 Å². The van der Waals surface area contributed by atoms with E-state index in [1.54, 1.807) is 0 Å². The minimum Gasteiger partial charge on any atom is -0.489 e. The predicted molar refractivity (Wildman–Crippen MR) is 135 cm³/mol. The van der Waals surface area contributed by atoms with Gasteiger partial charge in [0.25, 0.3) is 0 Å². The number of hydrogen-bond acceptors (Lipinski definition) is 2. The fourth-order valence-corrected chi connectivity index (χ4v) is 6.30. The molecular formula is C30H44O2. The Labute approximate surface area is 196 Å².